The first-order chi connectivity index (χ1) is 17.7. The second-order valence-corrected chi connectivity index (χ2v) is 8.14. The fraction of sp³-hybridized carbons (Fsp3) is 0.0714. The summed E-state index contributed by atoms with van der Waals surface area (Å²) < 4.78 is 113. The first-order valence-corrected chi connectivity index (χ1v) is 10.8. The van der Waals surface area contributed by atoms with Gasteiger partial charge in [-0.25, -0.2) is 22.0 Å². The van der Waals surface area contributed by atoms with Gasteiger partial charge >= 0.3 is 0 Å². The number of benzene rings is 5. The normalized spacial score (nSPS) is 11.4. The number of halogens is 7. The first-order valence-electron chi connectivity index (χ1n) is 10.8. The molecule has 0 aliphatic heterocycles. The number of methoxy groups -OCH3 is 2. The van der Waals surface area contributed by atoms with Crippen LogP contribution < -0.4 is 9.47 Å². The van der Waals surface area contributed by atoms with Gasteiger partial charge in [0.1, 0.15) is 11.6 Å². The van der Waals surface area contributed by atoms with Gasteiger partial charge in [-0.1, -0.05) is 18.2 Å². The van der Waals surface area contributed by atoms with Crippen molar-refractivity contribution >= 4 is 21.5 Å². The zero-order chi connectivity index (χ0) is 26.6. The van der Waals surface area contributed by atoms with Gasteiger partial charge in [0.05, 0.1) is 19.8 Å². The van der Waals surface area contributed by atoms with Crippen LogP contribution in [0.3, 0.4) is 0 Å². The highest BCUT2D eigenvalue weighted by Gasteiger charge is 2.30. The van der Waals surface area contributed by atoms with Crippen LogP contribution in [0.4, 0.5) is 30.7 Å². The Morgan fingerprint density at radius 2 is 1.03 bits per heavy atom. The molecule has 0 radical (unpaired) electrons. The first kappa shape index (κ1) is 24.4. The van der Waals surface area contributed by atoms with Gasteiger partial charge in [0.2, 0.25) is 11.6 Å². The molecule has 0 unspecified atom stereocenters. The predicted molar refractivity (Wildman–Crippen MR) is 125 cm³/mol. The molecule has 0 N–H and O–H groups in total. The molecule has 0 fully saturated rings. The maximum Gasteiger partial charge on any atom is 0.204 e. The number of hydrogen-bond donors (Lipinski definition) is 0. The minimum atomic E-state index is -1.84. The van der Waals surface area contributed by atoms with Crippen LogP contribution in [0.5, 0.6) is 11.5 Å². The van der Waals surface area contributed by atoms with Crippen LogP contribution in [-0.4, -0.2) is 14.2 Å². The quantitative estimate of drug-likeness (QED) is 0.136. The van der Waals surface area contributed by atoms with E-state index in [9.17, 15) is 22.0 Å². The third-order valence-corrected chi connectivity index (χ3v) is 6.18. The summed E-state index contributed by atoms with van der Waals surface area (Å²) in [6, 6.07) is 11.1. The minimum Gasteiger partial charge on any atom is -0.497 e. The largest absolute Gasteiger partial charge is 0.497 e. The summed E-state index contributed by atoms with van der Waals surface area (Å²) in [4.78, 5) is 0. The lowest BCUT2D eigenvalue weighted by atomic mass is 9.85. The highest BCUT2D eigenvalue weighted by atomic mass is 19.2. The Kier molecular flexibility index (Phi) is 5.94. The molecule has 2 nitrogen and oxygen atoms in total. The van der Waals surface area contributed by atoms with Crippen LogP contribution in [0.2, 0.25) is 0 Å². The monoisotopic (exact) mass is 516 g/mol. The number of fused-ring (bicyclic) bond motifs is 2. The molecule has 9 heteroatoms. The molecule has 5 aromatic rings. The summed E-state index contributed by atoms with van der Waals surface area (Å²) in [7, 11) is 2.27. The van der Waals surface area contributed by atoms with E-state index in [0.717, 1.165) is 25.3 Å². The fourth-order valence-corrected chi connectivity index (χ4v) is 4.54. The summed E-state index contributed by atoms with van der Waals surface area (Å²) in [6.07, 6.45) is 0. The SMILES string of the molecule is COc1ccc(-c2c3ccc(F)cc3c(-c3c(F)c(F)c(OC)c(F)c3F)c3cc(F)c(F)cc23)cc1. The summed E-state index contributed by atoms with van der Waals surface area (Å²) in [5, 5.41) is -0.361. The molecule has 37 heavy (non-hydrogen) atoms. The van der Waals surface area contributed by atoms with Gasteiger partial charge in [-0.2, -0.15) is 8.78 Å². The molecular weight excluding hydrogens is 501 g/mol. The average molecular weight is 516 g/mol. The lowest BCUT2D eigenvalue weighted by Gasteiger charge is -2.20. The molecule has 0 amide bonds. The van der Waals surface area contributed by atoms with E-state index in [2.05, 4.69) is 4.74 Å². The van der Waals surface area contributed by atoms with Crippen molar-refractivity contribution < 1.29 is 40.2 Å². The highest BCUT2D eigenvalue weighted by Crippen LogP contribution is 2.47. The summed E-state index contributed by atoms with van der Waals surface area (Å²) in [6.45, 7) is 0. The van der Waals surface area contributed by atoms with Crippen molar-refractivity contribution in [2.75, 3.05) is 14.2 Å². The Bertz CT molecular complexity index is 1680. The van der Waals surface area contributed by atoms with Gasteiger partial charge in [-0.05, 0) is 69.1 Å². The highest BCUT2D eigenvalue weighted by molar-refractivity contribution is 6.21. The van der Waals surface area contributed by atoms with Crippen LogP contribution in [0.25, 0.3) is 43.8 Å². The van der Waals surface area contributed by atoms with E-state index in [1.54, 1.807) is 24.3 Å². The molecular formula is C28H15F7O2. The standard InChI is InChI=1S/C28H15F7O2/c1-36-14-6-3-12(4-7-14)21-15-8-5-13(29)9-16(15)22(18-11-20(31)19(30)10-17(18)21)23-24(32)26(34)28(37-2)27(35)25(23)33/h3-11H,1-2H3. The Hall–Kier alpha value is -4.27. The van der Waals surface area contributed by atoms with Gasteiger partial charge in [-0.3, -0.25) is 0 Å². The van der Waals surface area contributed by atoms with Crippen LogP contribution in [0.1, 0.15) is 0 Å². The molecule has 0 spiro atoms. The van der Waals surface area contributed by atoms with Crippen molar-refractivity contribution in [3.8, 4) is 33.8 Å². The maximum atomic E-state index is 15.3. The van der Waals surface area contributed by atoms with Gasteiger partial charge in [0, 0.05) is 5.56 Å². The lowest BCUT2D eigenvalue weighted by molar-refractivity contribution is 0.334. The molecule has 0 heterocycles. The molecule has 0 saturated carbocycles. The fourth-order valence-electron chi connectivity index (χ4n) is 4.54. The third kappa shape index (κ3) is 3.73. The van der Waals surface area contributed by atoms with E-state index in [4.69, 9.17) is 4.74 Å². The Morgan fingerprint density at radius 1 is 0.486 bits per heavy atom. The van der Waals surface area contributed by atoms with Crippen molar-refractivity contribution in [3.05, 3.63) is 95.3 Å². The van der Waals surface area contributed by atoms with Crippen LogP contribution >= 0.6 is 0 Å². The second-order valence-electron chi connectivity index (χ2n) is 8.14. The van der Waals surface area contributed by atoms with Crippen LogP contribution in [-0.2, 0) is 0 Å². The smallest absolute Gasteiger partial charge is 0.204 e. The number of hydrogen-bond acceptors (Lipinski definition) is 2. The van der Waals surface area contributed by atoms with Gasteiger partial charge < -0.3 is 9.47 Å². The maximum absolute atomic E-state index is 15.3. The second kappa shape index (κ2) is 8.99. The van der Waals surface area contributed by atoms with Gasteiger partial charge in [0.15, 0.2) is 29.0 Å². The number of rotatable bonds is 4. The van der Waals surface area contributed by atoms with Crippen LogP contribution in [0, 0.1) is 40.7 Å². The topological polar surface area (TPSA) is 18.5 Å². The van der Waals surface area contributed by atoms with Crippen LogP contribution in [0.15, 0.2) is 54.6 Å². The number of ether oxygens (including phenoxy) is 2. The van der Waals surface area contributed by atoms with Crippen molar-refractivity contribution in [3.63, 3.8) is 0 Å². The van der Waals surface area contributed by atoms with Crippen molar-refractivity contribution in [2.45, 2.75) is 0 Å². The van der Waals surface area contributed by atoms with Gasteiger partial charge in [0.25, 0.3) is 0 Å². The van der Waals surface area contributed by atoms with Crippen molar-refractivity contribution in [1.82, 2.24) is 0 Å². The zero-order valence-corrected chi connectivity index (χ0v) is 19.2. The molecule has 0 saturated heterocycles. The van der Waals surface area contributed by atoms with E-state index < -0.39 is 57.6 Å². The Labute approximate surface area is 205 Å². The van der Waals surface area contributed by atoms with E-state index in [0.29, 0.717) is 17.4 Å². The summed E-state index contributed by atoms with van der Waals surface area (Å²) in [5.41, 5.74) is -1.06. The van der Waals surface area contributed by atoms with E-state index in [-0.39, 0.29) is 27.1 Å². The van der Waals surface area contributed by atoms with Crippen molar-refractivity contribution in [1.29, 1.82) is 0 Å². The van der Waals surface area contributed by atoms with E-state index in [1.165, 1.54) is 13.2 Å². The lowest BCUT2D eigenvalue weighted by Crippen LogP contribution is -2.05. The molecule has 0 atom stereocenters. The molecule has 5 rings (SSSR count). The molecule has 0 aliphatic carbocycles. The average Bonchev–Trinajstić information content (AvgIpc) is 2.89. The van der Waals surface area contributed by atoms with E-state index in [1.807, 2.05) is 0 Å². The predicted octanol–water partition coefficient (Wildman–Crippen LogP) is 8.32. The van der Waals surface area contributed by atoms with Gasteiger partial charge in [-0.15, -0.1) is 0 Å². The molecule has 0 aromatic heterocycles. The van der Waals surface area contributed by atoms with E-state index >= 15 is 8.78 Å². The Morgan fingerprint density at radius 3 is 1.57 bits per heavy atom. The Balaban J connectivity index is 2.05. The summed E-state index contributed by atoms with van der Waals surface area (Å²) >= 11 is 0. The molecule has 0 aliphatic rings. The zero-order valence-electron chi connectivity index (χ0n) is 19.2. The molecule has 188 valence electrons. The van der Waals surface area contributed by atoms with Crippen molar-refractivity contribution in [2.24, 2.45) is 0 Å². The summed E-state index contributed by atoms with van der Waals surface area (Å²) in [5.74, 6) is -11.7. The minimum absolute atomic E-state index is 0.0337. The molecule has 0 bridgehead atoms. The molecule has 5 aromatic carbocycles. The third-order valence-electron chi connectivity index (χ3n) is 6.18.